The van der Waals surface area contributed by atoms with Crippen LogP contribution in [0.5, 0.6) is 0 Å². The zero-order chi connectivity index (χ0) is 15.2. The molecule has 1 aliphatic heterocycles. The molecule has 0 fully saturated rings. The van der Waals surface area contributed by atoms with E-state index in [1.54, 1.807) is 9.89 Å². The van der Waals surface area contributed by atoms with E-state index in [1.807, 2.05) is 30.3 Å². The molecule has 4 heteroatoms. The molecular formula is C17H19Br2NO. The van der Waals surface area contributed by atoms with Gasteiger partial charge < -0.3 is 0 Å². The lowest BCUT2D eigenvalue weighted by Crippen LogP contribution is -2.25. The van der Waals surface area contributed by atoms with Gasteiger partial charge in [-0.1, -0.05) is 60.3 Å². The largest absolute Gasteiger partial charge is 0.276 e. The standard InChI is InChI=1S/C17H19Br2NO/c1-2-3-4-8-11-14-16(19)15(12-18)20(17(14)21)13-9-6-5-7-10-13/h5-7,9-10,12H,2-4,8,11H2,1H3/b15-12-. The fraction of sp³-hybridized carbons (Fsp3) is 0.353. The number of unbranched alkanes of at least 4 members (excludes halogenated alkanes) is 3. The fourth-order valence-electron chi connectivity index (χ4n) is 2.47. The molecule has 2 rings (SSSR count). The molecule has 0 aliphatic carbocycles. The SMILES string of the molecule is CCCCCCC1=C(Br)/C(=C/Br)N(c2ccccc2)C1=O. The Morgan fingerprint density at radius 2 is 1.86 bits per heavy atom. The Morgan fingerprint density at radius 3 is 2.48 bits per heavy atom. The zero-order valence-corrected chi connectivity index (χ0v) is 15.3. The molecule has 21 heavy (non-hydrogen) atoms. The Labute approximate surface area is 143 Å². The number of rotatable bonds is 6. The first-order chi connectivity index (χ1) is 10.2. The second-order valence-electron chi connectivity index (χ2n) is 5.07. The number of anilines is 1. The number of carbonyl (C=O) groups excluding carboxylic acids is 1. The van der Waals surface area contributed by atoms with Gasteiger partial charge in [-0.2, -0.15) is 0 Å². The molecule has 1 aromatic carbocycles. The zero-order valence-electron chi connectivity index (χ0n) is 12.1. The summed E-state index contributed by atoms with van der Waals surface area (Å²) in [5, 5.41) is 0. The summed E-state index contributed by atoms with van der Waals surface area (Å²) in [6.45, 7) is 2.19. The van der Waals surface area contributed by atoms with Gasteiger partial charge in [0.2, 0.25) is 0 Å². The Balaban J connectivity index is 2.20. The number of halogens is 2. The number of nitrogens with zero attached hydrogens (tertiary/aromatic N) is 1. The van der Waals surface area contributed by atoms with Gasteiger partial charge in [-0.25, -0.2) is 0 Å². The highest BCUT2D eigenvalue weighted by molar-refractivity contribution is 9.12. The quantitative estimate of drug-likeness (QED) is 0.533. The van der Waals surface area contributed by atoms with Crippen LogP contribution in [-0.4, -0.2) is 5.91 Å². The van der Waals surface area contributed by atoms with Gasteiger partial charge in [0.1, 0.15) is 0 Å². The van der Waals surface area contributed by atoms with Crippen molar-refractivity contribution in [1.82, 2.24) is 0 Å². The van der Waals surface area contributed by atoms with E-state index in [4.69, 9.17) is 0 Å². The minimum atomic E-state index is 0.0790. The monoisotopic (exact) mass is 411 g/mol. The number of carbonyl (C=O) groups is 1. The van der Waals surface area contributed by atoms with Crippen LogP contribution in [0.3, 0.4) is 0 Å². The predicted molar refractivity (Wildman–Crippen MR) is 95.7 cm³/mol. The van der Waals surface area contributed by atoms with E-state index in [1.165, 1.54) is 19.3 Å². The lowest BCUT2D eigenvalue weighted by molar-refractivity contribution is -0.114. The first-order valence-corrected chi connectivity index (χ1v) is 9.00. The summed E-state index contributed by atoms with van der Waals surface area (Å²) < 4.78 is 0.907. The Kier molecular flexibility index (Phi) is 6.24. The molecule has 0 atom stereocenters. The van der Waals surface area contributed by atoms with Crippen LogP contribution in [0.2, 0.25) is 0 Å². The van der Waals surface area contributed by atoms with Crippen molar-refractivity contribution in [3.05, 3.63) is 51.1 Å². The third kappa shape index (κ3) is 3.67. The summed E-state index contributed by atoms with van der Waals surface area (Å²) in [5.41, 5.74) is 2.64. The van der Waals surface area contributed by atoms with E-state index in [-0.39, 0.29) is 5.91 Å². The molecular weight excluding hydrogens is 394 g/mol. The molecule has 0 unspecified atom stereocenters. The second-order valence-corrected chi connectivity index (χ2v) is 6.32. The highest BCUT2D eigenvalue weighted by Crippen LogP contribution is 2.39. The van der Waals surface area contributed by atoms with E-state index in [2.05, 4.69) is 38.8 Å². The molecule has 0 saturated carbocycles. The van der Waals surface area contributed by atoms with Crippen molar-refractivity contribution in [3.8, 4) is 0 Å². The van der Waals surface area contributed by atoms with Gasteiger partial charge in [0.15, 0.2) is 0 Å². The van der Waals surface area contributed by atoms with Crippen molar-refractivity contribution in [1.29, 1.82) is 0 Å². The topological polar surface area (TPSA) is 20.3 Å². The molecule has 0 radical (unpaired) electrons. The van der Waals surface area contributed by atoms with E-state index in [0.717, 1.165) is 34.3 Å². The van der Waals surface area contributed by atoms with Crippen LogP contribution in [0.4, 0.5) is 5.69 Å². The van der Waals surface area contributed by atoms with Crippen LogP contribution < -0.4 is 4.90 Å². The van der Waals surface area contributed by atoms with E-state index >= 15 is 0 Å². The number of allylic oxidation sites excluding steroid dienone is 1. The summed E-state index contributed by atoms with van der Waals surface area (Å²) >= 11 is 6.98. The van der Waals surface area contributed by atoms with Gasteiger partial charge >= 0.3 is 0 Å². The van der Waals surface area contributed by atoms with Crippen LogP contribution in [0.25, 0.3) is 0 Å². The maximum atomic E-state index is 12.7. The van der Waals surface area contributed by atoms with Crippen molar-refractivity contribution in [2.45, 2.75) is 39.0 Å². The number of hydrogen-bond donors (Lipinski definition) is 0. The molecule has 112 valence electrons. The molecule has 0 spiro atoms. The van der Waals surface area contributed by atoms with Crippen molar-refractivity contribution >= 4 is 43.5 Å². The van der Waals surface area contributed by atoms with Crippen LogP contribution in [0.1, 0.15) is 39.0 Å². The van der Waals surface area contributed by atoms with Crippen molar-refractivity contribution in [2.75, 3.05) is 4.90 Å². The second kappa shape index (κ2) is 7.95. The van der Waals surface area contributed by atoms with Gasteiger partial charge in [-0.15, -0.1) is 0 Å². The molecule has 2 nitrogen and oxygen atoms in total. The number of benzene rings is 1. The maximum Gasteiger partial charge on any atom is 0.260 e. The van der Waals surface area contributed by atoms with Gasteiger partial charge in [0.05, 0.1) is 10.2 Å². The third-order valence-electron chi connectivity index (χ3n) is 3.59. The van der Waals surface area contributed by atoms with Crippen LogP contribution in [-0.2, 0) is 4.79 Å². The normalized spacial score (nSPS) is 17.2. The summed E-state index contributed by atoms with van der Waals surface area (Å²) in [4.78, 5) is 16.3. The van der Waals surface area contributed by atoms with Crippen molar-refractivity contribution in [3.63, 3.8) is 0 Å². The maximum absolute atomic E-state index is 12.7. The molecule has 1 heterocycles. The number of amides is 1. The molecule has 1 amide bonds. The van der Waals surface area contributed by atoms with Crippen molar-refractivity contribution < 1.29 is 4.79 Å². The van der Waals surface area contributed by atoms with Gasteiger partial charge in [-0.3, -0.25) is 9.69 Å². The number of hydrogen-bond acceptors (Lipinski definition) is 1. The van der Waals surface area contributed by atoms with Crippen molar-refractivity contribution in [2.24, 2.45) is 0 Å². The predicted octanol–water partition coefficient (Wildman–Crippen LogP) is 5.89. The summed E-state index contributed by atoms with van der Waals surface area (Å²) in [5.74, 6) is 0.0790. The van der Waals surface area contributed by atoms with Gasteiger partial charge in [-0.05, 0) is 40.9 Å². The fourth-order valence-corrected chi connectivity index (χ4v) is 3.87. The molecule has 0 saturated heterocycles. The summed E-state index contributed by atoms with van der Waals surface area (Å²) in [6, 6.07) is 9.75. The van der Waals surface area contributed by atoms with Crippen LogP contribution in [0.15, 0.2) is 51.1 Å². The minimum absolute atomic E-state index is 0.0790. The minimum Gasteiger partial charge on any atom is -0.276 e. The molecule has 1 aliphatic rings. The molecule has 0 bridgehead atoms. The molecule has 0 aromatic heterocycles. The van der Waals surface area contributed by atoms with Crippen LogP contribution >= 0.6 is 31.9 Å². The van der Waals surface area contributed by atoms with E-state index < -0.39 is 0 Å². The Bertz CT molecular complexity index is 563. The van der Waals surface area contributed by atoms with E-state index in [0.29, 0.717) is 0 Å². The highest BCUT2D eigenvalue weighted by atomic mass is 79.9. The lowest BCUT2D eigenvalue weighted by Gasteiger charge is -2.18. The third-order valence-corrected chi connectivity index (χ3v) is 4.91. The average Bonchev–Trinajstić information content (AvgIpc) is 2.75. The first-order valence-electron chi connectivity index (χ1n) is 7.29. The Hall–Kier alpha value is -0.870. The van der Waals surface area contributed by atoms with Gasteiger partial charge in [0, 0.05) is 16.2 Å². The van der Waals surface area contributed by atoms with E-state index in [9.17, 15) is 4.79 Å². The van der Waals surface area contributed by atoms with Gasteiger partial charge in [0.25, 0.3) is 5.91 Å². The van der Waals surface area contributed by atoms with Crippen LogP contribution in [0, 0.1) is 0 Å². The highest BCUT2D eigenvalue weighted by Gasteiger charge is 2.34. The summed E-state index contributed by atoms with van der Waals surface area (Å²) in [6.07, 6.45) is 5.49. The average molecular weight is 413 g/mol. The smallest absolute Gasteiger partial charge is 0.260 e. The Morgan fingerprint density at radius 1 is 1.14 bits per heavy atom. The molecule has 0 N–H and O–H groups in total. The molecule has 1 aromatic rings. The first kappa shape index (κ1) is 16.5. The lowest BCUT2D eigenvalue weighted by atomic mass is 10.1. The number of para-hydroxylation sites is 1. The summed E-state index contributed by atoms with van der Waals surface area (Å²) in [7, 11) is 0.